The summed E-state index contributed by atoms with van der Waals surface area (Å²) in [7, 11) is 0. The van der Waals surface area contributed by atoms with E-state index in [1.54, 1.807) is 48.5 Å². The van der Waals surface area contributed by atoms with Crippen molar-refractivity contribution < 1.29 is 14.3 Å². The summed E-state index contributed by atoms with van der Waals surface area (Å²) in [4.78, 5) is 24.2. The van der Waals surface area contributed by atoms with E-state index in [1.165, 1.54) is 0 Å². The van der Waals surface area contributed by atoms with Gasteiger partial charge in [0.2, 0.25) is 5.91 Å². The predicted molar refractivity (Wildman–Crippen MR) is 118 cm³/mol. The summed E-state index contributed by atoms with van der Waals surface area (Å²) in [5.74, 6) is 0.0355. The summed E-state index contributed by atoms with van der Waals surface area (Å²) < 4.78 is 5.62. The maximum absolute atomic E-state index is 12.2. The zero-order valence-electron chi connectivity index (χ0n) is 16.2. The molecule has 0 unspecified atom stereocenters. The number of amides is 2. The van der Waals surface area contributed by atoms with Gasteiger partial charge in [-0.3, -0.25) is 25.8 Å². The molecule has 8 heteroatoms. The van der Waals surface area contributed by atoms with Crippen LogP contribution in [-0.2, 0) is 11.2 Å². The van der Waals surface area contributed by atoms with E-state index in [0.717, 1.165) is 24.8 Å². The Morgan fingerprint density at radius 3 is 2.34 bits per heavy atom. The number of ether oxygens (including phenoxy) is 1. The van der Waals surface area contributed by atoms with Crippen LogP contribution in [0.1, 0.15) is 42.1 Å². The topological polar surface area (TPSA) is 79.5 Å². The Morgan fingerprint density at radius 1 is 1.00 bits per heavy atom. The monoisotopic (exact) mass is 433 g/mol. The highest BCUT2D eigenvalue weighted by Gasteiger charge is 2.09. The molecule has 154 valence electrons. The highest BCUT2D eigenvalue weighted by atomic mass is 35.5. The molecule has 0 radical (unpaired) electrons. The normalized spacial score (nSPS) is 10.1. The molecule has 0 atom stereocenters. The highest BCUT2D eigenvalue weighted by molar-refractivity contribution is 7.80. The number of halogens is 1. The van der Waals surface area contributed by atoms with Crippen molar-refractivity contribution >= 4 is 40.7 Å². The fraction of sp³-hybridized carbons (Fsp3) is 0.286. The Kier molecular flexibility index (Phi) is 9.40. The van der Waals surface area contributed by atoms with Gasteiger partial charge in [-0.2, -0.15) is 0 Å². The molecule has 6 nitrogen and oxygen atoms in total. The van der Waals surface area contributed by atoms with E-state index in [9.17, 15) is 9.59 Å². The molecule has 2 rings (SSSR count). The second kappa shape index (κ2) is 12.0. The smallest absolute Gasteiger partial charge is 0.257 e. The van der Waals surface area contributed by atoms with Gasteiger partial charge >= 0.3 is 0 Å². The van der Waals surface area contributed by atoms with Crippen LogP contribution in [0, 0.1) is 0 Å². The van der Waals surface area contributed by atoms with Gasteiger partial charge in [0.15, 0.2) is 5.11 Å². The molecule has 3 N–H and O–H groups in total. The Morgan fingerprint density at radius 2 is 1.69 bits per heavy atom. The van der Waals surface area contributed by atoms with Crippen molar-refractivity contribution in [1.82, 2.24) is 16.2 Å². The number of hydrogen-bond donors (Lipinski definition) is 3. The number of carbonyl (C=O) groups excluding carboxylic acids is 2. The lowest BCUT2D eigenvalue weighted by atomic mass is 10.1. The number of unbranched alkanes of at least 4 members (excludes halogenated alkanes) is 2. The molecule has 0 aliphatic rings. The lowest BCUT2D eigenvalue weighted by Gasteiger charge is -2.11. The molecule has 0 aromatic heterocycles. The molecule has 2 aromatic carbocycles. The van der Waals surface area contributed by atoms with Gasteiger partial charge in [0, 0.05) is 10.6 Å². The van der Waals surface area contributed by atoms with Crippen LogP contribution < -0.4 is 20.9 Å². The van der Waals surface area contributed by atoms with Crippen LogP contribution in [0.5, 0.6) is 5.75 Å². The number of nitrogens with one attached hydrogen (secondary N) is 3. The summed E-state index contributed by atoms with van der Waals surface area (Å²) in [6, 6.07) is 13.8. The molecule has 0 aliphatic heterocycles. The van der Waals surface area contributed by atoms with Gasteiger partial charge in [0.25, 0.3) is 5.91 Å². The lowest BCUT2D eigenvalue weighted by Crippen LogP contribution is -2.48. The van der Waals surface area contributed by atoms with Crippen molar-refractivity contribution in [1.29, 1.82) is 0 Å². The molecule has 0 saturated carbocycles. The highest BCUT2D eigenvalue weighted by Crippen LogP contribution is 2.13. The van der Waals surface area contributed by atoms with Crippen molar-refractivity contribution in [2.75, 3.05) is 6.61 Å². The van der Waals surface area contributed by atoms with Crippen LogP contribution >= 0.6 is 23.8 Å². The van der Waals surface area contributed by atoms with E-state index in [-0.39, 0.29) is 23.3 Å². The zero-order chi connectivity index (χ0) is 21.1. The fourth-order valence-electron chi connectivity index (χ4n) is 2.41. The number of benzene rings is 2. The molecular formula is C21H24ClN3O3S. The Balaban J connectivity index is 1.73. The number of thiocarbonyl (C=S) groups is 1. The first-order valence-corrected chi connectivity index (χ1v) is 10.1. The Labute approximate surface area is 180 Å². The summed E-state index contributed by atoms with van der Waals surface area (Å²) in [6.07, 6.45) is 3.42. The van der Waals surface area contributed by atoms with Gasteiger partial charge in [0.05, 0.1) is 13.0 Å². The van der Waals surface area contributed by atoms with E-state index in [2.05, 4.69) is 23.1 Å². The van der Waals surface area contributed by atoms with Crippen LogP contribution in [0.15, 0.2) is 48.5 Å². The Hall–Kier alpha value is -2.64. The van der Waals surface area contributed by atoms with Crippen molar-refractivity contribution in [2.45, 2.75) is 32.6 Å². The average Bonchev–Trinajstić information content (AvgIpc) is 2.72. The molecule has 2 aromatic rings. The Bertz CT molecular complexity index is 826. The van der Waals surface area contributed by atoms with Crippen LogP contribution in [0.25, 0.3) is 0 Å². The van der Waals surface area contributed by atoms with Gasteiger partial charge < -0.3 is 4.74 Å². The minimum absolute atomic E-state index is 0.000603. The third-order valence-electron chi connectivity index (χ3n) is 3.95. The number of hydrazine groups is 1. The van der Waals surface area contributed by atoms with Crippen molar-refractivity contribution in [3.05, 3.63) is 64.7 Å². The zero-order valence-corrected chi connectivity index (χ0v) is 17.7. The minimum Gasteiger partial charge on any atom is -0.494 e. The molecule has 29 heavy (non-hydrogen) atoms. The van der Waals surface area contributed by atoms with E-state index in [0.29, 0.717) is 22.9 Å². The third kappa shape index (κ3) is 8.50. The lowest BCUT2D eigenvalue weighted by molar-refractivity contribution is -0.121. The van der Waals surface area contributed by atoms with Crippen molar-refractivity contribution in [3.8, 4) is 5.75 Å². The molecule has 0 bridgehead atoms. The molecule has 0 spiro atoms. The molecule has 0 saturated heterocycles. The van der Waals surface area contributed by atoms with Gasteiger partial charge in [-0.1, -0.05) is 43.5 Å². The van der Waals surface area contributed by atoms with E-state index >= 15 is 0 Å². The molecule has 0 heterocycles. The van der Waals surface area contributed by atoms with E-state index < -0.39 is 0 Å². The van der Waals surface area contributed by atoms with Gasteiger partial charge in [-0.15, -0.1) is 0 Å². The van der Waals surface area contributed by atoms with Gasteiger partial charge in [0.1, 0.15) is 5.75 Å². The third-order valence-corrected chi connectivity index (χ3v) is 4.41. The van der Waals surface area contributed by atoms with Gasteiger partial charge in [-0.25, -0.2) is 0 Å². The summed E-state index contributed by atoms with van der Waals surface area (Å²) in [5.41, 5.74) is 6.20. The molecular weight excluding hydrogens is 410 g/mol. The largest absolute Gasteiger partial charge is 0.494 e. The molecule has 0 fully saturated rings. The quantitative estimate of drug-likeness (QED) is 0.335. The summed E-state index contributed by atoms with van der Waals surface area (Å²) >= 11 is 10.9. The van der Waals surface area contributed by atoms with Crippen LogP contribution in [0.4, 0.5) is 0 Å². The van der Waals surface area contributed by atoms with Crippen LogP contribution in [-0.4, -0.2) is 23.5 Å². The first-order valence-electron chi connectivity index (χ1n) is 9.35. The second-order valence-corrected chi connectivity index (χ2v) is 7.18. The minimum atomic E-state index is -0.382. The first kappa shape index (κ1) is 22.6. The first-order chi connectivity index (χ1) is 14.0. The maximum Gasteiger partial charge on any atom is 0.257 e. The van der Waals surface area contributed by atoms with Gasteiger partial charge in [-0.05, 0) is 60.6 Å². The van der Waals surface area contributed by atoms with Crippen molar-refractivity contribution in [2.24, 2.45) is 0 Å². The van der Waals surface area contributed by atoms with Crippen LogP contribution in [0.2, 0.25) is 5.02 Å². The predicted octanol–water partition coefficient (Wildman–Crippen LogP) is 3.79. The summed E-state index contributed by atoms with van der Waals surface area (Å²) in [6.45, 7) is 2.79. The number of carbonyl (C=O) groups is 2. The summed E-state index contributed by atoms with van der Waals surface area (Å²) in [5, 5.41) is 3.11. The van der Waals surface area contributed by atoms with E-state index in [1.807, 2.05) is 0 Å². The van der Waals surface area contributed by atoms with E-state index in [4.69, 9.17) is 28.6 Å². The average molecular weight is 434 g/mol. The maximum atomic E-state index is 12.2. The standard InChI is InChI=1S/C21H24ClN3O3S/c1-2-3-4-13-28-18-11-7-16(8-12-18)20(27)23-21(29)25-24-19(26)14-15-5-9-17(22)10-6-15/h5-12H,2-4,13-14H2,1H3,(H,24,26)(H2,23,25,27,29). The second-order valence-electron chi connectivity index (χ2n) is 6.34. The number of rotatable bonds is 8. The fourth-order valence-corrected chi connectivity index (χ4v) is 2.68. The number of hydrogen-bond acceptors (Lipinski definition) is 4. The molecule has 0 aliphatic carbocycles. The SMILES string of the molecule is CCCCCOc1ccc(C(=O)NC(=S)NNC(=O)Cc2ccc(Cl)cc2)cc1. The molecule has 2 amide bonds. The van der Waals surface area contributed by atoms with Crippen molar-refractivity contribution in [3.63, 3.8) is 0 Å². The van der Waals surface area contributed by atoms with Crippen LogP contribution in [0.3, 0.4) is 0 Å².